The van der Waals surface area contributed by atoms with Crippen LogP contribution in [0.3, 0.4) is 0 Å². The number of ether oxygens (including phenoxy) is 2. The van der Waals surface area contributed by atoms with Crippen molar-refractivity contribution in [2.24, 2.45) is 16.6 Å². The maximum absolute atomic E-state index is 6.11. The van der Waals surface area contributed by atoms with Crippen LogP contribution in [0.15, 0.2) is 23.3 Å². The molecule has 0 unspecified atom stereocenters. The fourth-order valence-electron chi connectivity index (χ4n) is 2.40. The summed E-state index contributed by atoms with van der Waals surface area (Å²) in [6, 6.07) is 3.84. The summed E-state index contributed by atoms with van der Waals surface area (Å²) in [4.78, 5) is 10.9. The van der Waals surface area contributed by atoms with Crippen LogP contribution in [-0.2, 0) is 11.3 Å². The molecule has 7 heteroatoms. The minimum absolute atomic E-state index is 0. The molecular weight excluding hydrogens is 407 g/mol. The standard InChI is InChI=1S/C16H26N4O2.HI/c1-13-5-8-20(9-6-13)16(17)19-12-14-4-3-7-18-15(14)22-11-10-21-2;/h3-4,7,13H,5-6,8-12H2,1-2H3,(H2,17,19);1H. The van der Waals surface area contributed by atoms with Gasteiger partial charge in [0.15, 0.2) is 5.96 Å². The zero-order valence-electron chi connectivity index (χ0n) is 13.9. The largest absolute Gasteiger partial charge is 0.475 e. The molecule has 130 valence electrons. The first-order valence-corrected chi connectivity index (χ1v) is 7.81. The smallest absolute Gasteiger partial charge is 0.218 e. The molecule has 6 nitrogen and oxygen atoms in total. The summed E-state index contributed by atoms with van der Waals surface area (Å²) in [6.45, 7) is 5.75. The molecule has 2 N–H and O–H groups in total. The van der Waals surface area contributed by atoms with Gasteiger partial charge in [0.2, 0.25) is 5.88 Å². The van der Waals surface area contributed by atoms with Crippen LogP contribution in [0.2, 0.25) is 0 Å². The summed E-state index contributed by atoms with van der Waals surface area (Å²) in [7, 11) is 1.65. The van der Waals surface area contributed by atoms with Crippen molar-refractivity contribution < 1.29 is 9.47 Å². The Labute approximate surface area is 155 Å². The Morgan fingerprint density at radius 1 is 1.39 bits per heavy atom. The van der Waals surface area contributed by atoms with Crippen molar-refractivity contribution in [3.63, 3.8) is 0 Å². The first kappa shape index (κ1) is 20.0. The van der Waals surface area contributed by atoms with Crippen LogP contribution in [0.4, 0.5) is 0 Å². The van der Waals surface area contributed by atoms with Gasteiger partial charge in [0.1, 0.15) is 6.61 Å². The molecule has 0 bridgehead atoms. The van der Waals surface area contributed by atoms with Crippen LogP contribution in [0.1, 0.15) is 25.3 Å². The Morgan fingerprint density at radius 3 is 2.83 bits per heavy atom. The van der Waals surface area contributed by atoms with E-state index in [1.54, 1.807) is 13.3 Å². The zero-order valence-corrected chi connectivity index (χ0v) is 16.2. The van der Waals surface area contributed by atoms with E-state index in [4.69, 9.17) is 15.2 Å². The van der Waals surface area contributed by atoms with E-state index >= 15 is 0 Å². The van der Waals surface area contributed by atoms with Gasteiger partial charge in [0.05, 0.1) is 13.2 Å². The van der Waals surface area contributed by atoms with Crippen molar-refractivity contribution in [3.8, 4) is 5.88 Å². The van der Waals surface area contributed by atoms with E-state index in [0.29, 0.717) is 31.6 Å². The molecule has 1 saturated heterocycles. The minimum Gasteiger partial charge on any atom is -0.475 e. The number of nitrogens with two attached hydrogens (primary N) is 1. The van der Waals surface area contributed by atoms with Gasteiger partial charge in [-0.15, -0.1) is 24.0 Å². The van der Waals surface area contributed by atoms with Crippen molar-refractivity contribution in [1.82, 2.24) is 9.88 Å². The van der Waals surface area contributed by atoms with Gasteiger partial charge in [-0.2, -0.15) is 0 Å². The number of methoxy groups -OCH3 is 1. The predicted octanol–water partition coefficient (Wildman–Crippen LogP) is 2.27. The van der Waals surface area contributed by atoms with Crippen LogP contribution >= 0.6 is 24.0 Å². The fraction of sp³-hybridized carbons (Fsp3) is 0.625. The number of hydrogen-bond donors (Lipinski definition) is 1. The van der Waals surface area contributed by atoms with Crippen LogP contribution in [-0.4, -0.2) is 49.3 Å². The Kier molecular flexibility index (Phi) is 9.23. The second kappa shape index (κ2) is 10.6. The number of hydrogen-bond acceptors (Lipinski definition) is 4. The molecule has 0 spiro atoms. The minimum atomic E-state index is 0. The molecular formula is C16H27IN4O2. The summed E-state index contributed by atoms with van der Waals surface area (Å²) in [5.41, 5.74) is 7.05. The highest BCUT2D eigenvalue weighted by atomic mass is 127. The lowest BCUT2D eigenvalue weighted by Gasteiger charge is -2.31. The van der Waals surface area contributed by atoms with Gasteiger partial charge in [-0.25, -0.2) is 9.98 Å². The molecule has 23 heavy (non-hydrogen) atoms. The first-order chi connectivity index (χ1) is 10.7. The topological polar surface area (TPSA) is 73.0 Å². The van der Waals surface area contributed by atoms with Gasteiger partial charge < -0.3 is 20.1 Å². The molecule has 0 saturated carbocycles. The third kappa shape index (κ3) is 6.50. The van der Waals surface area contributed by atoms with E-state index in [1.165, 1.54) is 12.8 Å². The van der Waals surface area contributed by atoms with Crippen molar-refractivity contribution in [3.05, 3.63) is 23.9 Å². The normalized spacial score (nSPS) is 16.1. The lowest BCUT2D eigenvalue weighted by Crippen LogP contribution is -2.42. The van der Waals surface area contributed by atoms with E-state index in [2.05, 4.69) is 21.8 Å². The summed E-state index contributed by atoms with van der Waals surface area (Å²) < 4.78 is 10.6. The van der Waals surface area contributed by atoms with Gasteiger partial charge in [-0.05, 0) is 24.8 Å². The highest BCUT2D eigenvalue weighted by molar-refractivity contribution is 14.0. The SMILES string of the molecule is COCCOc1ncccc1CN=C(N)N1CCC(C)CC1.I. The number of rotatable bonds is 6. The summed E-state index contributed by atoms with van der Waals surface area (Å²) in [5, 5.41) is 0. The maximum atomic E-state index is 6.11. The van der Waals surface area contributed by atoms with E-state index in [0.717, 1.165) is 24.6 Å². The number of nitrogens with zero attached hydrogens (tertiary/aromatic N) is 3. The highest BCUT2D eigenvalue weighted by Crippen LogP contribution is 2.17. The predicted molar refractivity (Wildman–Crippen MR) is 102 cm³/mol. The maximum Gasteiger partial charge on any atom is 0.218 e. The average Bonchev–Trinajstić information content (AvgIpc) is 2.54. The fourth-order valence-corrected chi connectivity index (χ4v) is 2.40. The molecule has 0 radical (unpaired) electrons. The molecule has 0 amide bonds. The molecule has 2 rings (SSSR count). The molecule has 1 aliphatic rings. The number of guanidine groups is 1. The monoisotopic (exact) mass is 434 g/mol. The lowest BCUT2D eigenvalue weighted by atomic mass is 10.00. The lowest BCUT2D eigenvalue weighted by molar-refractivity contribution is 0.143. The van der Waals surface area contributed by atoms with Crippen molar-refractivity contribution in [2.75, 3.05) is 33.4 Å². The quantitative estimate of drug-likeness (QED) is 0.322. The van der Waals surface area contributed by atoms with Gasteiger partial charge in [-0.1, -0.05) is 13.0 Å². The van der Waals surface area contributed by atoms with E-state index in [-0.39, 0.29) is 24.0 Å². The molecule has 1 aliphatic heterocycles. The van der Waals surface area contributed by atoms with Crippen LogP contribution in [0.25, 0.3) is 0 Å². The number of likely N-dealkylation sites (tertiary alicyclic amines) is 1. The number of aromatic nitrogens is 1. The Balaban J connectivity index is 0.00000264. The third-order valence-electron chi connectivity index (χ3n) is 3.90. The summed E-state index contributed by atoms with van der Waals surface area (Å²) in [5.74, 6) is 1.99. The second-order valence-corrected chi connectivity index (χ2v) is 5.65. The van der Waals surface area contributed by atoms with Crippen molar-refractivity contribution in [2.45, 2.75) is 26.3 Å². The second-order valence-electron chi connectivity index (χ2n) is 5.65. The van der Waals surface area contributed by atoms with E-state index in [1.807, 2.05) is 12.1 Å². The number of aliphatic imine (C=N–C) groups is 1. The first-order valence-electron chi connectivity index (χ1n) is 7.81. The molecule has 0 aliphatic carbocycles. The van der Waals surface area contributed by atoms with Gasteiger partial charge in [0, 0.05) is 32.0 Å². The molecule has 1 aromatic heterocycles. The van der Waals surface area contributed by atoms with Crippen molar-refractivity contribution in [1.29, 1.82) is 0 Å². The third-order valence-corrected chi connectivity index (χ3v) is 3.90. The van der Waals surface area contributed by atoms with Crippen LogP contribution in [0, 0.1) is 5.92 Å². The summed E-state index contributed by atoms with van der Waals surface area (Å²) >= 11 is 0. The average molecular weight is 434 g/mol. The molecule has 0 atom stereocenters. The van der Waals surface area contributed by atoms with Crippen LogP contribution in [0.5, 0.6) is 5.88 Å². The molecule has 1 aromatic rings. The summed E-state index contributed by atoms with van der Waals surface area (Å²) in [6.07, 6.45) is 4.06. The highest BCUT2D eigenvalue weighted by Gasteiger charge is 2.17. The molecule has 1 fully saturated rings. The Bertz CT molecular complexity index is 491. The molecule has 2 heterocycles. The Morgan fingerprint density at radius 2 is 2.13 bits per heavy atom. The van der Waals surface area contributed by atoms with E-state index < -0.39 is 0 Å². The number of halogens is 1. The van der Waals surface area contributed by atoms with Gasteiger partial charge >= 0.3 is 0 Å². The molecule has 0 aromatic carbocycles. The van der Waals surface area contributed by atoms with Gasteiger partial charge in [0.25, 0.3) is 0 Å². The van der Waals surface area contributed by atoms with Gasteiger partial charge in [-0.3, -0.25) is 0 Å². The number of pyridine rings is 1. The van der Waals surface area contributed by atoms with Crippen LogP contribution < -0.4 is 10.5 Å². The van der Waals surface area contributed by atoms with Crippen molar-refractivity contribution >= 4 is 29.9 Å². The Hall–Kier alpha value is -1.09. The number of piperidine rings is 1. The van der Waals surface area contributed by atoms with E-state index in [9.17, 15) is 0 Å². The zero-order chi connectivity index (χ0) is 15.8.